The first-order valence-corrected chi connectivity index (χ1v) is 11.3. The van der Waals surface area contributed by atoms with Crippen LogP contribution in [-0.4, -0.2) is 24.1 Å². The summed E-state index contributed by atoms with van der Waals surface area (Å²) in [5, 5.41) is -0.660. The Balaban J connectivity index is 1.82. The molecule has 0 amide bonds. The van der Waals surface area contributed by atoms with Gasteiger partial charge < -0.3 is 4.74 Å². The predicted molar refractivity (Wildman–Crippen MR) is 129 cm³/mol. The van der Waals surface area contributed by atoms with E-state index in [9.17, 15) is 22.4 Å². The van der Waals surface area contributed by atoms with Crippen LogP contribution >= 0.6 is 34.8 Å². The minimum absolute atomic E-state index is 0.178. The summed E-state index contributed by atoms with van der Waals surface area (Å²) < 4.78 is 60.1. The van der Waals surface area contributed by atoms with E-state index in [1.807, 2.05) is 0 Å². The number of hydrogen-bond acceptors (Lipinski definition) is 3. The number of hydrogen-bond donors (Lipinski definition) is 0. The Bertz CT molecular complexity index is 1220. The zero-order valence-electron chi connectivity index (χ0n) is 18.2. The number of aryl methyl sites for hydroxylation is 1. The number of rotatable bonds is 8. The smallest absolute Gasteiger partial charge is 0.399 e. The second-order valence-electron chi connectivity index (χ2n) is 7.55. The van der Waals surface area contributed by atoms with Gasteiger partial charge in [0.05, 0.1) is 28.6 Å². The van der Waals surface area contributed by atoms with Gasteiger partial charge in [-0.25, -0.2) is 9.37 Å². The van der Waals surface area contributed by atoms with Gasteiger partial charge in [0.15, 0.2) is 11.6 Å². The van der Waals surface area contributed by atoms with Crippen LogP contribution in [0.25, 0.3) is 6.08 Å². The number of carbonyl (C=O) groups excluding carboxylic acids is 1. The number of carbonyl (C=O) groups is 1. The maximum atomic E-state index is 13.7. The molecule has 3 aromatic rings. The Labute approximate surface area is 214 Å². The van der Waals surface area contributed by atoms with Crippen LogP contribution in [-0.2, 0) is 6.42 Å². The molecule has 0 spiro atoms. The first-order chi connectivity index (χ1) is 16.5. The molecule has 0 fully saturated rings. The largest absolute Gasteiger partial charge is 0.496 e. The topological polar surface area (TPSA) is 39.2 Å². The van der Waals surface area contributed by atoms with Crippen molar-refractivity contribution in [2.75, 3.05) is 7.11 Å². The number of Topliss-reactive ketones (excluding diaryl/α,β-unsaturated/α-hetero) is 1. The Morgan fingerprint density at radius 1 is 1.09 bits per heavy atom. The molecule has 3 nitrogen and oxygen atoms in total. The van der Waals surface area contributed by atoms with Crippen molar-refractivity contribution in [3.8, 4) is 5.75 Å². The van der Waals surface area contributed by atoms with Gasteiger partial charge in [0.2, 0.25) is 0 Å². The number of ketones is 1. The van der Waals surface area contributed by atoms with E-state index in [1.54, 1.807) is 18.3 Å². The Hall–Kier alpha value is -2.61. The quantitative estimate of drug-likeness (QED) is 0.123. The lowest BCUT2D eigenvalue weighted by atomic mass is 9.96. The zero-order chi connectivity index (χ0) is 25.8. The van der Waals surface area contributed by atoms with Crippen molar-refractivity contribution < 1.29 is 27.1 Å². The Morgan fingerprint density at radius 2 is 1.77 bits per heavy atom. The van der Waals surface area contributed by atoms with Crippen molar-refractivity contribution in [3.63, 3.8) is 0 Å². The first-order valence-electron chi connectivity index (χ1n) is 10.2. The van der Waals surface area contributed by atoms with Gasteiger partial charge in [-0.2, -0.15) is 13.2 Å². The molecular formula is C25H18Cl3F4NO2. The normalized spacial score (nSPS) is 12.7. The van der Waals surface area contributed by atoms with Crippen molar-refractivity contribution in [1.82, 2.24) is 4.98 Å². The zero-order valence-corrected chi connectivity index (χ0v) is 20.4. The van der Waals surface area contributed by atoms with Crippen LogP contribution in [0.5, 0.6) is 5.75 Å². The fourth-order valence-corrected chi connectivity index (χ4v) is 3.98. The molecule has 0 bridgehead atoms. The maximum Gasteiger partial charge on any atom is 0.399 e. The van der Waals surface area contributed by atoms with E-state index in [1.165, 1.54) is 31.4 Å². The number of benzene rings is 2. The van der Waals surface area contributed by atoms with Gasteiger partial charge in [0.25, 0.3) is 0 Å². The van der Waals surface area contributed by atoms with Crippen LogP contribution in [0, 0.1) is 5.82 Å². The van der Waals surface area contributed by atoms with Crippen LogP contribution in [0.15, 0.2) is 54.7 Å². The Kier molecular flexibility index (Phi) is 8.80. The number of methoxy groups -OCH3 is 1. The molecule has 35 heavy (non-hydrogen) atoms. The Morgan fingerprint density at radius 3 is 2.34 bits per heavy atom. The third-order valence-corrected chi connectivity index (χ3v) is 5.93. The monoisotopic (exact) mass is 545 g/mol. The summed E-state index contributed by atoms with van der Waals surface area (Å²) in [6, 6.07) is 9.65. The molecule has 1 heterocycles. The predicted octanol–water partition coefficient (Wildman–Crippen LogP) is 8.36. The van der Waals surface area contributed by atoms with Crippen LogP contribution in [0.3, 0.4) is 0 Å². The highest BCUT2D eigenvalue weighted by molar-refractivity contribution is 6.35. The van der Waals surface area contributed by atoms with Crippen LogP contribution in [0.2, 0.25) is 15.2 Å². The number of ether oxygens (including phenoxy) is 1. The first kappa shape index (κ1) is 27.0. The lowest BCUT2D eigenvalue weighted by Crippen LogP contribution is -2.19. The molecule has 0 saturated heterocycles. The second-order valence-corrected chi connectivity index (χ2v) is 8.75. The van der Waals surface area contributed by atoms with E-state index >= 15 is 0 Å². The molecule has 0 aliphatic carbocycles. The molecule has 0 N–H and O–H groups in total. The molecule has 1 aromatic heterocycles. The van der Waals surface area contributed by atoms with Crippen molar-refractivity contribution in [2.45, 2.75) is 24.9 Å². The summed E-state index contributed by atoms with van der Waals surface area (Å²) in [6.07, 6.45) is -0.346. The van der Waals surface area contributed by atoms with Gasteiger partial charge >= 0.3 is 6.18 Å². The molecule has 1 unspecified atom stereocenters. The molecule has 0 saturated carbocycles. The summed E-state index contributed by atoms with van der Waals surface area (Å²) in [5.41, 5.74) is 1.20. The van der Waals surface area contributed by atoms with Crippen molar-refractivity contribution in [2.24, 2.45) is 0 Å². The summed E-state index contributed by atoms with van der Waals surface area (Å²) >= 11 is 17.1. The molecule has 0 aliphatic heterocycles. The number of halogens is 7. The average molecular weight is 547 g/mol. The van der Waals surface area contributed by atoms with Crippen LogP contribution < -0.4 is 4.74 Å². The van der Waals surface area contributed by atoms with Crippen molar-refractivity contribution in [1.29, 1.82) is 0 Å². The number of nitrogens with zero attached hydrogens (tertiary/aromatic N) is 1. The molecule has 0 radical (unpaired) electrons. The standard InChI is InChI=1S/C25H18Cl3F4NO2/c1-35-22-10-14(2-6-17(22)21(34)8-4-15-5-9-23(28)33-13-15)3-7-18(25(30,31)32)16-11-19(26)24(29)20(27)12-16/h2-3,5-7,9-13,18H,4,8H2,1H3/b7-3+. The SMILES string of the molecule is COc1cc(/C=C/C(c2cc(Cl)c(F)c(Cl)c2)C(F)(F)F)ccc1C(=O)CCc1ccc(Cl)nc1. The molecule has 10 heteroatoms. The third-order valence-electron chi connectivity index (χ3n) is 5.15. The highest BCUT2D eigenvalue weighted by Crippen LogP contribution is 2.39. The highest BCUT2D eigenvalue weighted by Gasteiger charge is 2.39. The fourth-order valence-electron chi connectivity index (χ4n) is 3.36. The van der Waals surface area contributed by atoms with Crippen LogP contribution in [0.1, 0.15) is 39.4 Å². The van der Waals surface area contributed by atoms with E-state index in [4.69, 9.17) is 39.5 Å². The van der Waals surface area contributed by atoms with Gasteiger partial charge in [-0.05, 0) is 53.4 Å². The highest BCUT2D eigenvalue weighted by atomic mass is 35.5. The lowest BCUT2D eigenvalue weighted by molar-refractivity contribution is -0.139. The van der Waals surface area contributed by atoms with Crippen molar-refractivity contribution >= 4 is 46.7 Å². The summed E-state index contributed by atoms with van der Waals surface area (Å²) in [4.78, 5) is 16.7. The van der Waals surface area contributed by atoms with E-state index < -0.39 is 28.0 Å². The van der Waals surface area contributed by atoms with E-state index in [0.29, 0.717) is 22.7 Å². The number of alkyl halides is 3. The number of aromatic nitrogens is 1. The minimum Gasteiger partial charge on any atom is -0.496 e. The van der Waals surface area contributed by atoms with E-state index in [0.717, 1.165) is 23.8 Å². The van der Waals surface area contributed by atoms with Gasteiger partial charge in [0.1, 0.15) is 10.9 Å². The average Bonchev–Trinajstić information content (AvgIpc) is 2.81. The fraction of sp³-hybridized carbons (Fsp3) is 0.200. The van der Waals surface area contributed by atoms with Gasteiger partial charge in [-0.3, -0.25) is 4.79 Å². The molecule has 3 rings (SSSR count). The molecule has 1 atom stereocenters. The molecule has 2 aromatic carbocycles. The van der Waals surface area contributed by atoms with Crippen LogP contribution in [0.4, 0.5) is 17.6 Å². The number of pyridine rings is 1. The van der Waals surface area contributed by atoms with E-state index in [-0.39, 0.29) is 23.5 Å². The summed E-state index contributed by atoms with van der Waals surface area (Å²) in [5.74, 6) is -3.04. The third kappa shape index (κ3) is 6.97. The maximum absolute atomic E-state index is 13.7. The molecule has 0 aliphatic rings. The van der Waals surface area contributed by atoms with Gasteiger partial charge in [-0.15, -0.1) is 0 Å². The molecular weight excluding hydrogens is 529 g/mol. The summed E-state index contributed by atoms with van der Waals surface area (Å²) in [7, 11) is 1.36. The second kappa shape index (κ2) is 11.4. The lowest BCUT2D eigenvalue weighted by Gasteiger charge is -2.18. The van der Waals surface area contributed by atoms with Gasteiger partial charge in [-0.1, -0.05) is 59.1 Å². The van der Waals surface area contributed by atoms with Gasteiger partial charge in [0, 0.05) is 12.6 Å². The molecule has 184 valence electrons. The number of allylic oxidation sites excluding steroid dienone is 1. The summed E-state index contributed by atoms with van der Waals surface area (Å²) in [6.45, 7) is 0. The van der Waals surface area contributed by atoms with Crippen molar-refractivity contribution in [3.05, 3.63) is 98.0 Å². The minimum atomic E-state index is -4.68. The van der Waals surface area contributed by atoms with E-state index in [2.05, 4.69) is 4.98 Å².